The highest BCUT2D eigenvalue weighted by Gasteiger charge is 2.17. The SMILES string of the molecule is CCOC(=O)C(C)Cn1nc(C)c(Br)c1C. The lowest BCUT2D eigenvalue weighted by Crippen LogP contribution is -2.21. The highest BCUT2D eigenvalue weighted by atomic mass is 79.9. The van der Waals surface area contributed by atoms with Crippen LogP contribution in [0.2, 0.25) is 0 Å². The molecular formula is C11H17BrN2O2. The fourth-order valence-corrected chi connectivity index (χ4v) is 1.76. The van der Waals surface area contributed by atoms with Crippen LogP contribution in [0.15, 0.2) is 4.47 Å². The van der Waals surface area contributed by atoms with Crippen molar-refractivity contribution in [3.05, 3.63) is 15.9 Å². The summed E-state index contributed by atoms with van der Waals surface area (Å²) in [4.78, 5) is 11.5. The van der Waals surface area contributed by atoms with Crippen molar-refractivity contribution in [3.63, 3.8) is 0 Å². The second-order valence-corrected chi connectivity index (χ2v) is 4.61. The molecule has 0 saturated carbocycles. The van der Waals surface area contributed by atoms with E-state index in [1.54, 1.807) is 0 Å². The van der Waals surface area contributed by atoms with Gasteiger partial charge >= 0.3 is 5.97 Å². The molecule has 0 N–H and O–H groups in total. The van der Waals surface area contributed by atoms with E-state index in [1.807, 2.05) is 32.4 Å². The average Bonchev–Trinajstić information content (AvgIpc) is 2.47. The van der Waals surface area contributed by atoms with Crippen molar-refractivity contribution in [2.75, 3.05) is 6.61 Å². The zero-order valence-corrected chi connectivity index (χ0v) is 11.7. The van der Waals surface area contributed by atoms with E-state index in [-0.39, 0.29) is 11.9 Å². The maximum absolute atomic E-state index is 11.5. The van der Waals surface area contributed by atoms with Gasteiger partial charge in [-0.1, -0.05) is 6.92 Å². The Morgan fingerprint density at radius 3 is 2.62 bits per heavy atom. The Hall–Kier alpha value is -0.840. The van der Waals surface area contributed by atoms with Crippen LogP contribution >= 0.6 is 15.9 Å². The molecular weight excluding hydrogens is 272 g/mol. The van der Waals surface area contributed by atoms with E-state index < -0.39 is 0 Å². The number of ether oxygens (including phenoxy) is 1. The summed E-state index contributed by atoms with van der Waals surface area (Å²) in [7, 11) is 0. The first kappa shape index (κ1) is 13.2. The van der Waals surface area contributed by atoms with E-state index in [1.165, 1.54) is 0 Å². The van der Waals surface area contributed by atoms with E-state index in [0.717, 1.165) is 15.9 Å². The van der Waals surface area contributed by atoms with Gasteiger partial charge in [0.05, 0.1) is 29.2 Å². The van der Waals surface area contributed by atoms with E-state index >= 15 is 0 Å². The van der Waals surface area contributed by atoms with E-state index in [2.05, 4.69) is 21.0 Å². The lowest BCUT2D eigenvalue weighted by molar-refractivity contribution is -0.147. The van der Waals surface area contributed by atoms with Gasteiger partial charge in [-0.2, -0.15) is 5.10 Å². The van der Waals surface area contributed by atoms with Crippen molar-refractivity contribution in [2.45, 2.75) is 34.2 Å². The van der Waals surface area contributed by atoms with Crippen molar-refractivity contribution < 1.29 is 9.53 Å². The number of aryl methyl sites for hydroxylation is 1. The summed E-state index contributed by atoms with van der Waals surface area (Å²) < 4.78 is 7.80. The number of carbonyl (C=O) groups excluding carboxylic acids is 1. The highest BCUT2D eigenvalue weighted by Crippen LogP contribution is 2.20. The molecule has 0 saturated heterocycles. The van der Waals surface area contributed by atoms with Crippen molar-refractivity contribution in [1.29, 1.82) is 0 Å². The van der Waals surface area contributed by atoms with Crippen molar-refractivity contribution in [1.82, 2.24) is 9.78 Å². The number of aromatic nitrogens is 2. The van der Waals surface area contributed by atoms with Gasteiger partial charge in [-0.15, -0.1) is 0 Å². The molecule has 0 bridgehead atoms. The normalized spacial score (nSPS) is 12.6. The predicted molar refractivity (Wildman–Crippen MR) is 65.2 cm³/mol. The zero-order chi connectivity index (χ0) is 12.3. The molecule has 4 nitrogen and oxygen atoms in total. The number of hydrogen-bond acceptors (Lipinski definition) is 3. The molecule has 1 rings (SSSR count). The van der Waals surface area contributed by atoms with Gasteiger partial charge in [0.1, 0.15) is 0 Å². The van der Waals surface area contributed by atoms with Gasteiger partial charge in [0, 0.05) is 5.69 Å². The average molecular weight is 289 g/mol. The number of halogens is 1. The summed E-state index contributed by atoms with van der Waals surface area (Å²) in [6.45, 7) is 8.54. The molecule has 1 unspecified atom stereocenters. The second kappa shape index (κ2) is 5.48. The molecule has 0 aliphatic heterocycles. The third-order valence-corrected chi connectivity index (χ3v) is 3.58. The third-order valence-electron chi connectivity index (χ3n) is 2.43. The topological polar surface area (TPSA) is 44.1 Å². The largest absolute Gasteiger partial charge is 0.466 e. The quantitative estimate of drug-likeness (QED) is 0.800. The van der Waals surface area contributed by atoms with E-state index in [9.17, 15) is 4.79 Å². The van der Waals surface area contributed by atoms with Crippen LogP contribution in [0.25, 0.3) is 0 Å². The maximum atomic E-state index is 11.5. The minimum Gasteiger partial charge on any atom is -0.466 e. The van der Waals surface area contributed by atoms with Gasteiger partial charge in [-0.25, -0.2) is 0 Å². The molecule has 0 aliphatic carbocycles. The molecule has 90 valence electrons. The van der Waals surface area contributed by atoms with Crippen LogP contribution in [0, 0.1) is 19.8 Å². The van der Waals surface area contributed by atoms with Crippen molar-refractivity contribution in [3.8, 4) is 0 Å². The Balaban J connectivity index is 2.73. The van der Waals surface area contributed by atoms with Crippen molar-refractivity contribution >= 4 is 21.9 Å². The number of hydrogen-bond donors (Lipinski definition) is 0. The molecule has 1 aromatic rings. The van der Waals surface area contributed by atoms with Gasteiger partial charge in [-0.05, 0) is 36.7 Å². The molecule has 16 heavy (non-hydrogen) atoms. The molecule has 0 fully saturated rings. The van der Waals surface area contributed by atoms with Crippen LogP contribution < -0.4 is 0 Å². The van der Waals surface area contributed by atoms with Gasteiger partial charge in [0.25, 0.3) is 0 Å². The van der Waals surface area contributed by atoms with Gasteiger partial charge in [0.15, 0.2) is 0 Å². The molecule has 5 heteroatoms. The minimum absolute atomic E-state index is 0.175. The molecule has 0 amide bonds. The summed E-state index contributed by atoms with van der Waals surface area (Å²) in [5, 5.41) is 4.35. The van der Waals surface area contributed by atoms with Crippen LogP contribution in [-0.4, -0.2) is 22.4 Å². The molecule has 1 aromatic heterocycles. The number of esters is 1. The van der Waals surface area contributed by atoms with E-state index in [4.69, 9.17) is 4.74 Å². The Labute approximate surface area is 104 Å². The Bertz CT molecular complexity index is 388. The van der Waals surface area contributed by atoms with Gasteiger partial charge in [-0.3, -0.25) is 9.48 Å². The summed E-state index contributed by atoms with van der Waals surface area (Å²) in [5.74, 6) is -0.351. The Morgan fingerprint density at radius 1 is 1.56 bits per heavy atom. The standard InChI is InChI=1S/C11H17BrN2O2/c1-5-16-11(15)7(2)6-14-9(4)10(12)8(3)13-14/h7H,5-6H2,1-4H3. The van der Waals surface area contributed by atoms with E-state index in [0.29, 0.717) is 13.2 Å². The van der Waals surface area contributed by atoms with Crippen LogP contribution in [0.3, 0.4) is 0 Å². The number of nitrogens with zero attached hydrogens (tertiary/aromatic N) is 2. The molecule has 0 aliphatic rings. The number of carbonyl (C=O) groups is 1. The van der Waals surface area contributed by atoms with Gasteiger partial charge in [0.2, 0.25) is 0 Å². The Morgan fingerprint density at radius 2 is 2.19 bits per heavy atom. The summed E-state index contributed by atoms with van der Waals surface area (Å²) in [6.07, 6.45) is 0. The molecule has 0 aromatic carbocycles. The predicted octanol–water partition coefficient (Wildman–Crippen LogP) is 2.46. The molecule has 1 heterocycles. The fraction of sp³-hybridized carbons (Fsp3) is 0.636. The summed E-state index contributed by atoms with van der Waals surface area (Å²) in [6, 6.07) is 0. The second-order valence-electron chi connectivity index (χ2n) is 3.82. The monoisotopic (exact) mass is 288 g/mol. The maximum Gasteiger partial charge on any atom is 0.310 e. The van der Waals surface area contributed by atoms with Crippen molar-refractivity contribution in [2.24, 2.45) is 5.92 Å². The summed E-state index contributed by atoms with van der Waals surface area (Å²) >= 11 is 3.46. The first-order valence-electron chi connectivity index (χ1n) is 5.33. The lowest BCUT2D eigenvalue weighted by Gasteiger charge is -2.11. The lowest BCUT2D eigenvalue weighted by atomic mass is 10.2. The third kappa shape index (κ3) is 2.84. The van der Waals surface area contributed by atoms with Gasteiger partial charge < -0.3 is 4.74 Å². The number of rotatable bonds is 4. The first-order valence-corrected chi connectivity index (χ1v) is 6.12. The van der Waals surface area contributed by atoms with Crippen LogP contribution in [-0.2, 0) is 16.1 Å². The first-order chi connectivity index (χ1) is 7.47. The van der Waals surface area contributed by atoms with Crippen LogP contribution in [0.4, 0.5) is 0 Å². The summed E-state index contributed by atoms with van der Waals surface area (Å²) in [5.41, 5.74) is 1.97. The van der Waals surface area contributed by atoms with Crippen LogP contribution in [0.5, 0.6) is 0 Å². The smallest absolute Gasteiger partial charge is 0.310 e. The fourth-order valence-electron chi connectivity index (χ4n) is 1.47. The molecule has 1 atom stereocenters. The Kier molecular flexibility index (Phi) is 4.53. The highest BCUT2D eigenvalue weighted by molar-refractivity contribution is 9.10. The molecule has 0 spiro atoms. The molecule has 0 radical (unpaired) electrons. The zero-order valence-electron chi connectivity index (χ0n) is 10.1. The van der Waals surface area contributed by atoms with Crippen LogP contribution in [0.1, 0.15) is 25.2 Å². The minimum atomic E-state index is -0.176.